The number of para-hydroxylation sites is 2. The van der Waals surface area contributed by atoms with E-state index in [9.17, 15) is 13.2 Å². The molecule has 2 atom stereocenters. The molecule has 2 unspecified atom stereocenters. The van der Waals surface area contributed by atoms with Crippen LogP contribution in [0.1, 0.15) is 32.3 Å². The predicted molar refractivity (Wildman–Crippen MR) is 123 cm³/mol. The lowest BCUT2D eigenvalue weighted by Gasteiger charge is -2.31. The zero-order valence-electron chi connectivity index (χ0n) is 18.8. The molecule has 1 amide bonds. The van der Waals surface area contributed by atoms with Crippen molar-refractivity contribution in [2.45, 2.75) is 45.4 Å². The van der Waals surface area contributed by atoms with Gasteiger partial charge in [-0.1, -0.05) is 31.2 Å². The van der Waals surface area contributed by atoms with Gasteiger partial charge in [0.05, 0.1) is 25.2 Å². The van der Waals surface area contributed by atoms with E-state index in [0.29, 0.717) is 31.1 Å². The second-order valence-electron chi connectivity index (χ2n) is 7.93. The van der Waals surface area contributed by atoms with E-state index in [-0.39, 0.29) is 23.5 Å². The first-order chi connectivity index (χ1) is 15.3. The van der Waals surface area contributed by atoms with Gasteiger partial charge in [-0.05, 0) is 49.6 Å². The first-order valence-corrected chi connectivity index (χ1v) is 12.7. The molecule has 0 spiro atoms. The number of hydrogen-bond acceptors (Lipinski definition) is 6. The van der Waals surface area contributed by atoms with Crippen LogP contribution in [0.4, 0.5) is 0 Å². The van der Waals surface area contributed by atoms with Crippen molar-refractivity contribution in [3.8, 4) is 17.2 Å². The van der Waals surface area contributed by atoms with Crippen LogP contribution in [0, 0.1) is 0 Å². The fraction of sp³-hybridized carbons (Fsp3) is 0.458. The first-order valence-electron chi connectivity index (χ1n) is 10.8. The Balaban J connectivity index is 1.78. The molecule has 2 aromatic rings. The maximum atomic E-state index is 13.4. The summed E-state index contributed by atoms with van der Waals surface area (Å²) in [7, 11) is -1.61. The molecule has 174 valence electrons. The van der Waals surface area contributed by atoms with Crippen molar-refractivity contribution in [3.05, 3.63) is 54.1 Å². The first kappa shape index (κ1) is 23.9. The highest BCUT2D eigenvalue weighted by Gasteiger charge is 2.36. The van der Waals surface area contributed by atoms with Crippen LogP contribution in [0.3, 0.4) is 0 Å². The molecule has 2 aromatic carbocycles. The second kappa shape index (κ2) is 10.7. The molecule has 1 aliphatic rings. The molecule has 0 aliphatic carbocycles. The van der Waals surface area contributed by atoms with Gasteiger partial charge in [0, 0.05) is 12.6 Å². The summed E-state index contributed by atoms with van der Waals surface area (Å²) in [5.74, 6) is 1.57. The van der Waals surface area contributed by atoms with Crippen molar-refractivity contribution in [3.63, 3.8) is 0 Å². The number of carbonyl (C=O) groups excluding carboxylic acids is 1. The van der Waals surface area contributed by atoms with E-state index >= 15 is 0 Å². The average Bonchev–Trinajstić information content (AvgIpc) is 3.16. The highest BCUT2D eigenvalue weighted by atomic mass is 32.2. The minimum absolute atomic E-state index is 0.0299. The molecule has 0 radical (unpaired) electrons. The third-order valence-corrected chi connectivity index (χ3v) is 7.15. The molecule has 7 nitrogen and oxygen atoms in total. The van der Waals surface area contributed by atoms with Gasteiger partial charge in [0.15, 0.2) is 27.4 Å². The zero-order chi connectivity index (χ0) is 23.1. The van der Waals surface area contributed by atoms with Crippen molar-refractivity contribution in [2.75, 3.05) is 25.2 Å². The lowest BCUT2D eigenvalue weighted by Crippen LogP contribution is -2.46. The quantitative estimate of drug-likeness (QED) is 0.539. The third-order valence-electron chi connectivity index (χ3n) is 5.40. The van der Waals surface area contributed by atoms with Crippen molar-refractivity contribution < 1.29 is 27.4 Å². The zero-order valence-corrected chi connectivity index (χ0v) is 19.6. The predicted octanol–water partition coefficient (Wildman–Crippen LogP) is 3.47. The summed E-state index contributed by atoms with van der Waals surface area (Å²) < 4.78 is 41.1. The largest absolute Gasteiger partial charge is 0.494 e. The fourth-order valence-corrected chi connectivity index (χ4v) is 5.44. The summed E-state index contributed by atoms with van der Waals surface area (Å²) in [6, 6.07) is 14.3. The summed E-state index contributed by atoms with van der Waals surface area (Å²) in [6.45, 7) is 4.66. The highest BCUT2D eigenvalue weighted by Crippen LogP contribution is 2.28. The number of carbonyl (C=O) groups is 1. The van der Waals surface area contributed by atoms with Gasteiger partial charge in [-0.25, -0.2) is 8.42 Å². The van der Waals surface area contributed by atoms with Crippen LogP contribution in [-0.2, 0) is 21.2 Å². The Bertz CT molecular complexity index is 1010. The molecule has 1 fully saturated rings. The maximum Gasteiger partial charge on any atom is 0.263 e. The average molecular weight is 462 g/mol. The van der Waals surface area contributed by atoms with E-state index in [0.717, 1.165) is 17.7 Å². The van der Waals surface area contributed by atoms with Crippen LogP contribution in [-0.4, -0.2) is 56.6 Å². The topological polar surface area (TPSA) is 82.1 Å². The normalized spacial score (nSPS) is 18.0. The van der Waals surface area contributed by atoms with Gasteiger partial charge in [-0.15, -0.1) is 0 Å². The molecule has 1 saturated heterocycles. The van der Waals surface area contributed by atoms with Crippen molar-refractivity contribution in [1.82, 2.24) is 4.90 Å². The van der Waals surface area contributed by atoms with E-state index in [1.165, 1.54) is 7.11 Å². The summed E-state index contributed by atoms with van der Waals surface area (Å²) in [6.07, 6.45) is 0.541. The van der Waals surface area contributed by atoms with Gasteiger partial charge in [0.25, 0.3) is 5.91 Å². The minimum Gasteiger partial charge on any atom is -0.494 e. The number of amides is 1. The highest BCUT2D eigenvalue weighted by molar-refractivity contribution is 7.91. The smallest absolute Gasteiger partial charge is 0.263 e. The van der Waals surface area contributed by atoms with Gasteiger partial charge in [-0.2, -0.15) is 0 Å². The molecule has 3 rings (SSSR count). The van der Waals surface area contributed by atoms with Crippen LogP contribution in [0.25, 0.3) is 0 Å². The maximum absolute atomic E-state index is 13.4. The summed E-state index contributed by atoms with van der Waals surface area (Å²) in [5.41, 5.74) is 0.899. The third kappa shape index (κ3) is 6.16. The van der Waals surface area contributed by atoms with Crippen molar-refractivity contribution >= 4 is 15.7 Å². The Morgan fingerprint density at radius 2 is 1.81 bits per heavy atom. The van der Waals surface area contributed by atoms with Gasteiger partial charge >= 0.3 is 0 Å². The Labute approximate surface area is 190 Å². The van der Waals surface area contributed by atoms with E-state index in [1.807, 2.05) is 37.3 Å². The van der Waals surface area contributed by atoms with Gasteiger partial charge < -0.3 is 19.1 Å². The van der Waals surface area contributed by atoms with Gasteiger partial charge in [0.1, 0.15) is 5.75 Å². The monoisotopic (exact) mass is 461 g/mol. The number of benzene rings is 2. The van der Waals surface area contributed by atoms with Gasteiger partial charge in [0.2, 0.25) is 0 Å². The van der Waals surface area contributed by atoms with Crippen molar-refractivity contribution in [2.24, 2.45) is 0 Å². The number of methoxy groups -OCH3 is 1. The number of hydrogen-bond donors (Lipinski definition) is 0. The molecule has 1 aliphatic heterocycles. The Morgan fingerprint density at radius 1 is 1.12 bits per heavy atom. The lowest BCUT2D eigenvalue weighted by molar-refractivity contribution is -0.140. The number of nitrogens with zero attached hydrogens (tertiary/aromatic N) is 1. The van der Waals surface area contributed by atoms with Crippen molar-refractivity contribution in [1.29, 1.82) is 0 Å². The Kier molecular flexibility index (Phi) is 8.01. The molecule has 0 N–H and O–H groups in total. The van der Waals surface area contributed by atoms with Gasteiger partial charge in [-0.3, -0.25) is 4.79 Å². The molecule has 0 aromatic heterocycles. The Morgan fingerprint density at radius 3 is 2.41 bits per heavy atom. The summed E-state index contributed by atoms with van der Waals surface area (Å²) >= 11 is 0. The van der Waals surface area contributed by atoms with E-state index in [1.54, 1.807) is 30.0 Å². The molecule has 0 bridgehead atoms. The lowest BCUT2D eigenvalue weighted by atomic mass is 10.1. The Hall–Kier alpha value is -2.74. The molecule has 32 heavy (non-hydrogen) atoms. The number of sulfone groups is 1. The second-order valence-corrected chi connectivity index (χ2v) is 10.2. The van der Waals surface area contributed by atoms with Crippen LogP contribution in [0.2, 0.25) is 0 Å². The minimum atomic E-state index is -3.15. The number of ether oxygens (including phenoxy) is 3. The van der Waals surface area contributed by atoms with Crippen LogP contribution in [0.5, 0.6) is 17.2 Å². The molecular formula is C24H31NO6S. The number of rotatable bonds is 10. The van der Waals surface area contributed by atoms with E-state index in [2.05, 4.69) is 0 Å². The summed E-state index contributed by atoms with van der Waals surface area (Å²) in [5, 5.41) is 0. The molecule has 1 heterocycles. The van der Waals surface area contributed by atoms with E-state index in [4.69, 9.17) is 14.2 Å². The summed E-state index contributed by atoms with van der Waals surface area (Å²) in [4.78, 5) is 15.0. The fourth-order valence-electron chi connectivity index (χ4n) is 3.71. The van der Waals surface area contributed by atoms with E-state index < -0.39 is 15.9 Å². The standard InChI is InChI=1S/C24H31NO6S/c1-4-14-30-21-11-9-19(10-12-21)16-25(20-13-15-32(27,28)17-20)24(26)18(2)31-23-8-6-5-7-22(23)29-3/h5-12,18,20H,4,13-17H2,1-3H3. The van der Waals surface area contributed by atoms with Crippen LogP contribution >= 0.6 is 0 Å². The molecule has 8 heteroatoms. The van der Waals surface area contributed by atoms with Crippen LogP contribution in [0.15, 0.2) is 48.5 Å². The molecular weight excluding hydrogens is 430 g/mol. The van der Waals surface area contributed by atoms with Crippen LogP contribution < -0.4 is 14.2 Å². The molecule has 0 saturated carbocycles. The SMILES string of the molecule is CCCOc1ccc(CN(C(=O)C(C)Oc2ccccc2OC)C2CCS(=O)(=O)C2)cc1.